The van der Waals surface area contributed by atoms with Gasteiger partial charge < -0.3 is 5.73 Å². The quantitative estimate of drug-likeness (QED) is 0.685. The van der Waals surface area contributed by atoms with Gasteiger partial charge in [-0.2, -0.15) is 0 Å². The van der Waals surface area contributed by atoms with E-state index in [4.69, 9.17) is 5.73 Å². The molecule has 0 radical (unpaired) electrons. The highest BCUT2D eigenvalue weighted by molar-refractivity contribution is 7.90. The summed E-state index contributed by atoms with van der Waals surface area (Å²) in [6.45, 7) is 8.12. The van der Waals surface area contributed by atoms with Gasteiger partial charge in [-0.15, -0.1) is 0 Å². The van der Waals surface area contributed by atoms with Gasteiger partial charge in [0.1, 0.15) is 0 Å². The van der Waals surface area contributed by atoms with Crippen molar-refractivity contribution in [3.63, 3.8) is 0 Å². The fraction of sp³-hybridized carbons (Fsp3) is 1.00. The fourth-order valence-electron chi connectivity index (χ4n) is 1.96. The Morgan fingerprint density at radius 2 is 1.62 bits per heavy atom. The molecule has 0 aromatic rings. The van der Waals surface area contributed by atoms with Crippen molar-refractivity contribution in [3.8, 4) is 0 Å². The molecule has 0 amide bonds. The largest absolute Gasteiger partial charge is 0.329 e. The minimum absolute atomic E-state index is 0.0133. The van der Waals surface area contributed by atoms with E-state index in [9.17, 15) is 8.42 Å². The van der Waals surface area contributed by atoms with E-state index in [0.717, 1.165) is 12.8 Å². The highest BCUT2D eigenvalue weighted by Gasteiger charge is 2.26. The Labute approximate surface area is 100 Å². The van der Waals surface area contributed by atoms with Gasteiger partial charge >= 0.3 is 0 Å². The van der Waals surface area contributed by atoms with Gasteiger partial charge in [0.05, 0.1) is 5.25 Å². The minimum atomic E-state index is -3.26. The molecular weight excluding hydrogens is 224 g/mol. The SMILES string of the molecule is CCC(CC)C(C)NS(=O)(=O)C(CC)CN. The van der Waals surface area contributed by atoms with Crippen molar-refractivity contribution in [1.82, 2.24) is 4.72 Å². The topological polar surface area (TPSA) is 72.2 Å². The molecule has 0 bridgehead atoms. The molecule has 0 fully saturated rings. The second-order valence-electron chi connectivity index (χ2n) is 4.29. The van der Waals surface area contributed by atoms with Gasteiger partial charge in [-0.1, -0.05) is 33.6 Å². The molecule has 16 heavy (non-hydrogen) atoms. The Morgan fingerprint density at radius 1 is 1.12 bits per heavy atom. The van der Waals surface area contributed by atoms with Gasteiger partial charge in [-0.25, -0.2) is 13.1 Å². The van der Waals surface area contributed by atoms with Crippen molar-refractivity contribution < 1.29 is 8.42 Å². The maximum Gasteiger partial charge on any atom is 0.215 e. The Hall–Kier alpha value is -0.130. The van der Waals surface area contributed by atoms with E-state index in [1.165, 1.54) is 0 Å². The number of rotatable bonds is 8. The molecular formula is C11H26N2O2S. The third-order valence-corrected chi connectivity index (χ3v) is 5.37. The lowest BCUT2D eigenvalue weighted by molar-refractivity contribution is 0.389. The zero-order valence-electron chi connectivity index (χ0n) is 10.9. The number of nitrogens with one attached hydrogen (secondary N) is 1. The maximum absolute atomic E-state index is 11.9. The molecule has 0 aromatic carbocycles. The molecule has 5 heteroatoms. The number of nitrogens with two attached hydrogens (primary N) is 1. The first-order chi connectivity index (χ1) is 7.42. The van der Waals surface area contributed by atoms with Crippen molar-refractivity contribution in [1.29, 1.82) is 0 Å². The molecule has 0 spiro atoms. The summed E-state index contributed by atoms with van der Waals surface area (Å²) in [6, 6.07) is -0.0133. The van der Waals surface area contributed by atoms with Crippen molar-refractivity contribution >= 4 is 10.0 Å². The first-order valence-electron chi connectivity index (χ1n) is 6.14. The number of sulfonamides is 1. The van der Waals surface area contributed by atoms with Gasteiger partial charge in [0.25, 0.3) is 0 Å². The summed E-state index contributed by atoms with van der Waals surface area (Å²) in [5.74, 6) is 0.394. The van der Waals surface area contributed by atoms with Crippen LogP contribution in [0.4, 0.5) is 0 Å². The predicted molar refractivity (Wildman–Crippen MR) is 68.7 cm³/mol. The Morgan fingerprint density at radius 3 is 1.94 bits per heavy atom. The van der Waals surface area contributed by atoms with Crippen LogP contribution < -0.4 is 10.5 Å². The second kappa shape index (κ2) is 7.25. The molecule has 0 saturated heterocycles. The van der Waals surface area contributed by atoms with Crippen LogP contribution in [-0.2, 0) is 10.0 Å². The highest BCUT2D eigenvalue weighted by atomic mass is 32.2. The van der Waals surface area contributed by atoms with Crippen molar-refractivity contribution in [2.24, 2.45) is 11.7 Å². The maximum atomic E-state index is 11.9. The second-order valence-corrected chi connectivity index (χ2v) is 6.29. The summed E-state index contributed by atoms with van der Waals surface area (Å²) in [7, 11) is -3.26. The first kappa shape index (κ1) is 15.9. The zero-order chi connectivity index (χ0) is 12.8. The van der Waals surface area contributed by atoms with E-state index in [1.807, 2.05) is 13.8 Å². The Kier molecular flexibility index (Phi) is 7.19. The molecule has 0 aliphatic carbocycles. The Bertz CT molecular complexity index is 270. The Balaban J connectivity index is 4.57. The van der Waals surface area contributed by atoms with Crippen LogP contribution in [0.25, 0.3) is 0 Å². The molecule has 98 valence electrons. The zero-order valence-corrected chi connectivity index (χ0v) is 11.7. The molecule has 0 aliphatic heterocycles. The van der Waals surface area contributed by atoms with Crippen LogP contribution in [0.1, 0.15) is 47.0 Å². The molecule has 2 atom stereocenters. The lowest BCUT2D eigenvalue weighted by atomic mass is 9.96. The molecule has 2 unspecified atom stereocenters. The number of hydrogen-bond donors (Lipinski definition) is 2. The molecule has 0 saturated carbocycles. The summed E-state index contributed by atoms with van der Waals surface area (Å²) < 4.78 is 26.6. The molecule has 0 aliphatic rings. The summed E-state index contributed by atoms with van der Waals surface area (Å²) in [6.07, 6.45) is 2.53. The monoisotopic (exact) mass is 250 g/mol. The third-order valence-electron chi connectivity index (χ3n) is 3.26. The van der Waals surface area contributed by atoms with E-state index in [0.29, 0.717) is 12.3 Å². The summed E-state index contributed by atoms with van der Waals surface area (Å²) >= 11 is 0. The highest BCUT2D eigenvalue weighted by Crippen LogP contribution is 2.15. The van der Waals surface area contributed by atoms with E-state index in [-0.39, 0.29) is 12.6 Å². The summed E-state index contributed by atoms with van der Waals surface area (Å²) in [4.78, 5) is 0. The first-order valence-corrected chi connectivity index (χ1v) is 7.68. The van der Waals surface area contributed by atoms with Gasteiger partial charge in [-0.05, 0) is 19.3 Å². The molecule has 3 N–H and O–H groups in total. The van der Waals surface area contributed by atoms with Gasteiger partial charge in [0, 0.05) is 12.6 Å². The third kappa shape index (κ3) is 4.39. The average molecular weight is 250 g/mol. The van der Waals surface area contributed by atoms with E-state index in [1.54, 1.807) is 0 Å². The van der Waals surface area contributed by atoms with E-state index >= 15 is 0 Å². The van der Waals surface area contributed by atoms with Crippen LogP contribution in [0.5, 0.6) is 0 Å². The minimum Gasteiger partial charge on any atom is -0.329 e. The average Bonchev–Trinajstić information content (AvgIpc) is 2.19. The number of hydrogen-bond acceptors (Lipinski definition) is 3. The lowest BCUT2D eigenvalue weighted by Gasteiger charge is -2.24. The summed E-state index contributed by atoms with van der Waals surface area (Å²) in [5.41, 5.74) is 5.47. The van der Waals surface area contributed by atoms with E-state index in [2.05, 4.69) is 18.6 Å². The van der Waals surface area contributed by atoms with Gasteiger partial charge in [0.2, 0.25) is 10.0 Å². The van der Waals surface area contributed by atoms with Gasteiger partial charge in [0.15, 0.2) is 0 Å². The van der Waals surface area contributed by atoms with Crippen LogP contribution in [0.2, 0.25) is 0 Å². The lowest BCUT2D eigenvalue weighted by Crippen LogP contribution is -2.45. The van der Waals surface area contributed by atoms with Crippen molar-refractivity contribution in [2.45, 2.75) is 58.2 Å². The van der Waals surface area contributed by atoms with Crippen LogP contribution in [0.3, 0.4) is 0 Å². The van der Waals surface area contributed by atoms with Crippen LogP contribution >= 0.6 is 0 Å². The molecule has 0 heterocycles. The fourth-order valence-corrected chi connectivity index (χ4v) is 3.56. The van der Waals surface area contributed by atoms with Crippen LogP contribution in [0, 0.1) is 5.92 Å². The normalized spacial score (nSPS) is 16.4. The van der Waals surface area contributed by atoms with Crippen molar-refractivity contribution in [3.05, 3.63) is 0 Å². The van der Waals surface area contributed by atoms with Gasteiger partial charge in [-0.3, -0.25) is 0 Å². The predicted octanol–water partition coefficient (Wildman–Crippen LogP) is 1.47. The molecule has 0 rings (SSSR count). The van der Waals surface area contributed by atoms with Crippen molar-refractivity contribution in [2.75, 3.05) is 6.54 Å². The summed E-state index contributed by atoms with van der Waals surface area (Å²) in [5, 5.41) is -0.468. The standard InChI is InChI=1S/C11H26N2O2S/c1-5-10(6-2)9(4)13-16(14,15)11(7-3)8-12/h9-11,13H,5-8,12H2,1-4H3. The molecule has 4 nitrogen and oxygen atoms in total. The smallest absolute Gasteiger partial charge is 0.215 e. The molecule has 0 aromatic heterocycles. The van der Waals surface area contributed by atoms with Crippen LogP contribution in [0.15, 0.2) is 0 Å². The van der Waals surface area contributed by atoms with Crippen LogP contribution in [-0.4, -0.2) is 26.3 Å². The van der Waals surface area contributed by atoms with E-state index < -0.39 is 15.3 Å².